The molecule has 0 aromatic heterocycles. The van der Waals surface area contributed by atoms with Gasteiger partial charge in [-0.3, -0.25) is 0 Å². The number of halogens is 1. The molecule has 4 atom stereocenters. The summed E-state index contributed by atoms with van der Waals surface area (Å²) in [5.41, 5.74) is 1.05. The fourth-order valence-electron chi connectivity index (χ4n) is 4.07. The first-order valence-electron chi connectivity index (χ1n) is 7.17. The quantitative estimate of drug-likeness (QED) is 0.814. The van der Waals surface area contributed by atoms with E-state index in [0.717, 1.165) is 37.7 Å². The largest absolute Gasteiger partial charge is 0.505 e. The standard InChI is InChI=1S/C16H21FO2/c1-16-7-6-11(8-12(16)3-5-15(16)19)10-2-4-14(18)13(17)9-10/h2,4,9,11-12,15,18-19H,3,5-8H2,1H3/t11-,12+,15-,16-/m0/s1. The third-order valence-electron chi connectivity index (χ3n) is 5.53. The lowest BCUT2D eigenvalue weighted by Gasteiger charge is -2.42. The van der Waals surface area contributed by atoms with Gasteiger partial charge in [0.15, 0.2) is 11.6 Å². The van der Waals surface area contributed by atoms with Crippen LogP contribution in [-0.2, 0) is 0 Å². The molecule has 0 spiro atoms. The van der Waals surface area contributed by atoms with E-state index in [4.69, 9.17) is 0 Å². The molecule has 0 bridgehead atoms. The highest BCUT2D eigenvalue weighted by Gasteiger charge is 2.48. The molecule has 19 heavy (non-hydrogen) atoms. The van der Waals surface area contributed by atoms with Gasteiger partial charge in [0, 0.05) is 0 Å². The van der Waals surface area contributed by atoms with Crippen molar-refractivity contribution < 1.29 is 14.6 Å². The number of aliphatic hydroxyl groups is 1. The lowest BCUT2D eigenvalue weighted by molar-refractivity contribution is 0.00869. The van der Waals surface area contributed by atoms with Crippen molar-refractivity contribution in [3.8, 4) is 5.75 Å². The summed E-state index contributed by atoms with van der Waals surface area (Å²) in [6.45, 7) is 2.20. The molecule has 0 aliphatic heterocycles. The second kappa shape index (κ2) is 4.48. The Kier molecular flexibility index (Phi) is 3.05. The van der Waals surface area contributed by atoms with Gasteiger partial charge in [-0.25, -0.2) is 4.39 Å². The maximum Gasteiger partial charge on any atom is 0.165 e. The zero-order chi connectivity index (χ0) is 13.6. The second-order valence-electron chi connectivity index (χ2n) is 6.48. The van der Waals surface area contributed by atoms with Crippen molar-refractivity contribution in [2.45, 2.75) is 51.0 Å². The van der Waals surface area contributed by atoms with Crippen molar-refractivity contribution in [3.05, 3.63) is 29.6 Å². The van der Waals surface area contributed by atoms with Crippen LogP contribution in [0.3, 0.4) is 0 Å². The van der Waals surface area contributed by atoms with Crippen LogP contribution in [0, 0.1) is 17.2 Å². The normalized spacial score (nSPS) is 38.2. The number of fused-ring (bicyclic) bond motifs is 1. The highest BCUT2D eigenvalue weighted by atomic mass is 19.1. The van der Waals surface area contributed by atoms with Crippen LogP contribution in [0.15, 0.2) is 18.2 Å². The Labute approximate surface area is 113 Å². The first-order chi connectivity index (χ1) is 9.00. The molecular weight excluding hydrogens is 243 g/mol. The second-order valence-corrected chi connectivity index (χ2v) is 6.48. The molecule has 2 N–H and O–H groups in total. The zero-order valence-electron chi connectivity index (χ0n) is 11.3. The number of phenols is 1. The Hall–Kier alpha value is -1.09. The molecule has 2 saturated carbocycles. The van der Waals surface area contributed by atoms with Crippen molar-refractivity contribution in [2.24, 2.45) is 11.3 Å². The molecule has 2 fully saturated rings. The van der Waals surface area contributed by atoms with Crippen LogP contribution in [0.25, 0.3) is 0 Å². The van der Waals surface area contributed by atoms with Crippen molar-refractivity contribution in [2.75, 3.05) is 0 Å². The van der Waals surface area contributed by atoms with E-state index >= 15 is 0 Å². The Morgan fingerprint density at radius 3 is 2.79 bits per heavy atom. The third-order valence-corrected chi connectivity index (χ3v) is 5.53. The van der Waals surface area contributed by atoms with Crippen LogP contribution < -0.4 is 0 Å². The molecule has 0 radical (unpaired) electrons. The highest BCUT2D eigenvalue weighted by Crippen LogP contribution is 2.55. The maximum absolute atomic E-state index is 13.4. The number of benzene rings is 1. The number of hydrogen-bond acceptors (Lipinski definition) is 2. The van der Waals surface area contributed by atoms with E-state index in [1.807, 2.05) is 6.07 Å². The van der Waals surface area contributed by atoms with Crippen LogP contribution in [0.1, 0.15) is 50.5 Å². The summed E-state index contributed by atoms with van der Waals surface area (Å²) in [4.78, 5) is 0. The van der Waals surface area contributed by atoms with Gasteiger partial charge >= 0.3 is 0 Å². The summed E-state index contributed by atoms with van der Waals surface area (Å²) < 4.78 is 13.4. The summed E-state index contributed by atoms with van der Waals surface area (Å²) >= 11 is 0. The first-order valence-corrected chi connectivity index (χ1v) is 7.17. The Balaban J connectivity index is 1.80. The minimum atomic E-state index is -0.530. The fraction of sp³-hybridized carbons (Fsp3) is 0.625. The summed E-state index contributed by atoms with van der Waals surface area (Å²) in [7, 11) is 0. The van der Waals surface area contributed by atoms with Gasteiger partial charge in [-0.2, -0.15) is 0 Å². The summed E-state index contributed by atoms with van der Waals surface area (Å²) in [5.74, 6) is 0.0922. The average molecular weight is 264 g/mol. The zero-order valence-corrected chi connectivity index (χ0v) is 11.3. The van der Waals surface area contributed by atoms with Gasteiger partial charge in [0.2, 0.25) is 0 Å². The molecule has 3 rings (SSSR count). The Bertz CT molecular complexity index is 488. The number of rotatable bonds is 1. The van der Waals surface area contributed by atoms with Crippen molar-refractivity contribution in [1.29, 1.82) is 0 Å². The highest BCUT2D eigenvalue weighted by molar-refractivity contribution is 5.30. The molecule has 0 unspecified atom stereocenters. The molecular formula is C16H21FO2. The van der Waals surface area contributed by atoms with Crippen LogP contribution in [0.4, 0.5) is 4.39 Å². The van der Waals surface area contributed by atoms with Crippen LogP contribution in [0.2, 0.25) is 0 Å². The molecule has 0 amide bonds. The van der Waals surface area contributed by atoms with Crippen molar-refractivity contribution >= 4 is 0 Å². The van der Waals surface area contributed by atoms with Gasteiger partial charge in [0.05, 0.1) is 6.10 Å². The molecule has 1 aromatic rings. The molecule has 3 heteroatoms. The van der Waals surface area contributed by atoms with Gasteiger partial charge in [0.1, 0.15) is 0 Å². The third kappa shape index (κ3) is 2.04. The lowest BCUT2D eigenvalue weighted by Crippen LogP contribution is -2.36. The SMILES string of the molecule is C[C@]12CC[C@H](c3ccc(O)c(F)c3)C[C@H]1CC[C@@H]2O. The maximum atomic E-state index is 13.4. The van der Waals surface area contributed by atoms with Crippen molar-refractivity contribution in [1.82, 2.24) is 0 Å². The van der Waals surface area contributed by atoms with E-state index < -0.39 is 5.82 Å². The molecule has 104 valence electrons. The monoisotopic (exact) mass is 264 g/mol. The number of aliphatic hydroxyl groups excluding tert-OH is 1. The average Bonchev–Trinajstić information content (AvgIpc) is 2.69. The van der Waals surface area contributed by atoms with E-state index in [2.05, 4.69) is 6.92 Å². The smallest absolute Gasteiger partial charge is 0.165 e. The van der Waals surface area contributed by atoms with Gasteiger partial charge in [-0.15, -0.1) is 0 Å². The van der Waals surface area contributed by atoms with Crippen LogP contribution in [-0.4, -0.2) is 16.3 Å². The molecule has 1 aromatic carbocycles. The van der Waals surface area contributed by atoms with Gasteiger partial charge < -0.3 is 10.2 Å². The number of aromatic hydroxyl groups is 1. The minimum Gasteiger partial charge on any atom is -0.505 e. The Morgan fingerprint density at radius 1 is 1.26 bits per heavy atom. The summed E-state index contributed by atoms with van der Waals surface area (Å²) in [6, 6.07) is 4.74. The van der Waals surface area contributed by atoms with E-state index in [9.17, 15) is 14.6 Å². The molecule has 0 heterocycles. The van der Waals surface area contributed by atoms with Gasteiger partial charge in [-0.05, 0) is 67.1 Å². The minimum absolute atomic E-state index is 0.0615. The van der Waals surface area contributed by atoms with E-state index in [0.29, 0.717) is 11.8 Å². The lowest BCUT2D eigenvalue weighted by atomic mass is 9.64. The number of phenolic OH excluding ortho intramolecular Hbond substituents is 1. The van der Waals surface area contributed by atoms with E-state index in [-0.39, 0.29) is 17.3 Å². The molecule has 0 saturated heterocycles. The first kappa shape index (κ1) is 12.9. The fourth-order valence-corrected chi connectivity index (χ4v) is 4.07. The number of hydrogen-bond donors (Lipinski definition) is 2. The molecule has 2 aliphatic carbocycles. The van der Waals surface area contributed by atoms with E-state index in [1.165, 1.54) is 12.1 Å². The van der Waals surface area contributed by atoms with E-state index in [1.54, 1.807) is 0 Å². The van der Waals surface area contributed by atoms with Gasteiger partial charge in [0.25, 0.3) is 0 Å². The predicted molar refractivity (Wildman–Crippen MR) is 71.5 cm³/mol. The molecule has 2 aliphatic rings. The topological polar surface area (TPSA) is 40.5 Å². The predicted octanol–water partition coefficient (Wildman–Crippen LogP) is 3.58. The van der Waals surface area contributed by atoms with Crippen LogP contribution in [0.5, 0.6) is 5.75 Å². The summed E-state index contributed by atoms with van der Waals surface area (Å²) in [6.07, 6.45) is 4.83. The molecule has 2 nitrogen and oxygen atoms in total. The van der Waals surface area contributed by atoms with Crippen LogP contribution >= 0.6 is 0 Å². The summed E-state index contributed by atoms with van der Waals surface area (Å²) in [5, 5.41) is 19.4. The Morgan fingerprint density at radius 2 is 2.05 bits per heavy atom. The van der Waals surface area contributed by atoms with Gasteiger partial charge in [-0.1, -0.05) is 13.0 Å². The van der Waals surface area contributed by atoms with Crippen molar-refractivity contribution in [3.63, 3.8) is 0 Å².